The van der Waals surface area contributed by atoms with Gasteiger partial charge in [0.25, 0.3) is 0 Å². The summed E-state index contributed by atoms with van der Waals surface area (Å²) >= 11 is 3.73. The first-order chi connectivity index (χ1) is 7.71. The summed E-state index contributed by atoms with van der Waals surface area (Å²) in [6, 6.07) is 0.920. The Bertz CT molecular complexity index is 177. The van der Waals surface area contributed by atoms with Gasteiger partial charge in [-0.25, -0.2) is 0 Å². The van der Waals surface area contributed by atoms with Crippen molar-refractivity contribution >= 4 is 15.9 Å². The second kappa shape index (κ2) is 7.00. The summed E-state index contributed by atoms with van der Waals surface area (Å²) in [4.78, 5) is 2.76. The van der Waals surface area contributed by atoms with Crippen LogP contribution in [0.5, 0.6) is 0 Å². The van der Waals surface area contributed by atoms with Crippen LogP contribution in [-0.2, 0) is 0 Å². The standard InChI is InChI=1S/C14H28BrN/c1-4-7-10-16(13-8-9-13)12-14(5-2,6-3)11-15/h13H,4-12H2,1-3H3. The zero-order valence-corrected chi connectivity index (χ0v) is 12.9. The first kappa shape index (κ1) is 14.5. The summed E-state index contributed by atoms with van der Waals surface area (Å²) in [6.07, 6.45) is 8.16. The zero-order chi connectivity index (χ0) is 12.0. The molecule has 1 rings (SSSR count). The molecule has 0 bridgehead atoms. The molecular formula is C14H28BrN. The van der Waals surface area contributed by atoms with Gasteiger partial charge in [0.2, 0.25) is 0 Å². The normalized spacial score (nSPS) is 17.1. The molecule has 1 nitrogen and oxygen atoms in total. The van der Waals surface area contributed by atoms with E-state index in [-0.39, 0.29) is 0 Å². The van der Waals surface area contributed by atoms with Crippen molar-refractivity contribution in [3.8, 4) is 0 Å². The Balaban J connectivity index is 2.50. The van der Waals surface area contributed by atoms with Crippen molar-refractivity contribution < 1.29 is 0 Å². The van der Waals surface area contributed by atoms with E-state index >= 15 is 0 Å². The van der Waals surface area contributed by atoms with Gasteiger partial charge in [-0.05, 0) is 44.1 Å². The maximum atomic E-state index is 3.73. The van der Waals surface area contributed by atoms with Gasteiger partial charge >= 0.3 is 0 Å². The molecule has 0 spiro atoms. The summed E-state index contributed by atoms with van der Waals surface area (Å²) in [7, 11) is 0. The Labute approximate surface area is 110 Å². The quantitative estimate of drug-likeness (QED) is 0.567. The Kier molecular flexibility index (Phi) is 6.35. The molecule has 0 atom stereocenters. The van der Waals surface area contributed by atoms with Gasteiger partial charge in [0.1, 0.15) is 0 Å². The minimum atomic E-state index is 0.510. The van der Waals surface area contributed by atoms with Crippen LogP contribution < -0.4 is 0 Å². The van der Waals surface area contributed by atoms with Crippen molar-refractivity contribution in [1.82, 2.24) is 4.90 Å². The topological polar surface area (TPSA) is 3.24 Å². The van der Waals surface area contributed by atoms with Crippen molar-refractivity contribution in [3.63, 3.8) is 0 Å². The first-order valence-electron chi connectivity index (χ1n) is 7.01. The van der Waals surface area contributed by atoms with Gasteiger partial charge in [0, 0.05) is 17.9 Å². The average molecular weight is 290 g/mol. The summed E-state index contributed by atoms with van der Waals surface area (Å²) < 4.78 is 0. The van der Waals surface area contributed by atoms with Crippen LogP contribution in [0.3, 0.4) is 0 Å². The number of hydrogen-bond acceptors (Lipinski definition) is 1. The molecule has 96 valence electrons. The van der Waals surface area contributed by atoms with Gasteiger partial charge in [-0.1, -0.05) is 43.1 Å². The van der Waals surface area contributed by atoms with Crippen molar-refractivity contribution in [3.05, 3.63) is 0 Å². The van der Waals surface area contributed by atoms with Crippen molar-refractivity contribution in [2.45, 2.75) is 65.3 Å². The molecule has 2 heteroatoms. The predicted molar refractivity (Wildman–Crippen MR) is 76.3 cm³/mol. The number of hydrogen-bond donors (Lipinski definition) is 0. The van der Waals surface area contributed by atoms with Crippen molar-refractivity contribution in [1.29, 1.82) is 0 Å². The highest BCUT2D eigenvalue weighted by Crippen LogP contribution is 2.35. The lowest BCUT2D eigenvalue weighted by atomic mass is 9.84. The molecule has 1 saturated carbocycles. The molecule has 0 radical (unpaired) electrons. The van der Waals surface area contributed by atoms with E-state index in [0.717, 1.165) is 11.4 Å². The van der Waals surface area contributed by atoms with Gasteiger partial charge in [-0.2, -0.15) is 0 Å². The smallest absolute Gasteiger partial charge is 0.01000 e. The largest absolute Gasteiger partial charge is 0.300 e. The number of nitrogens with zero attached hydrogens (tertiary/aromatic N) is 1. The maximum absolute atomic E-state index is 3.73. The molecule has 0 saturated heterocycles. The second-order valence-corrected chi connectivity index (χ2v) is 5.96. The number of unbranched alkanes of at least 4 members (excludes halogenated alkanes) is 1. The number of alkyl halides is 1. The van der Waals surface area contributed by atoms with Crippen LogP contribution >= 0.6 is 15.9 Å². The third kappa shape index (κ3) is 4.03. The SMILES string of the molecule is CCCCN(CC(CC)(CC)CBr)C1CC1. The summed E-state index contributed by atoms with van der Waals surface area (Å²) in [6.45, 7) is 9.60. The van der Waals surface area contributed by atoms with E-state index in [1.165, 1.54) is 51.6 Å². The third-order valence-electron chi connectivity index (χ3n) is 4.18. The van der Waals surface area contributed by atoms with Gasteiger partial charge in [0.15, 0.2) is 0 Å². The van der Waals surface area contributed by atoms with Crippen molar-refractivity contribution in [2.24, 2.45) is 5.41 Å². The van der Waals surface area contributed by atoms with E-state index in [4.69, 9.17) is 0 Å². The van der Waals surface area contributed by atoms with E-state index in [9.17, 15) is 0 Å². The fourth-order valence-corrected chi connectivity index (χ4v) is 3.30. The highest BCUT2D eigenvalue weighted by molar-refractivity contribution is 9.09. The van der Waals surface area contributed by atoms with E-state index in [1.807, 2.05) is 0 Å². The Morgan fingerprint density at radius 1 is 1.19 bits per heavy atom. The Morgan fingerprint density at radius 3 is 2.19 bits per heavy atom. The van der Waals surface area contributed by atoms with Crippen LogP contribution in [0.1, 0.15) is 59.3 Å². The molecule has 0 aliphatic heterocycles. The lowest BCUT2D eigenvalue weighted by Crippen LogP contribution is -2.40. The third-order valence-corrected chi connectivity index (χ3v) is 5.37. The van der Waals surface area contributed by atoms with Crippen LogP contribution in [0.15, 0.2) is 0 Å². The molecule has 0 amide bonds. The summed E-state index contributed by atoms with van der Waals surface area (Å²) in [5.74, 6) is 0. The molecule has 1 fully saturated rings. The fraction of sp³-hybridized carbons (Fsp3) is 1.00. The molecule has 0 unspecified atom stereocenters. The molecule has 0 aromatic rings. The first-order valence-corrected chi connectivity index (χ1v) is 8.13. The molecular weight excluding hydrogens is 262 g/mol. The van der Waals surface area contributed by atoms with Gasteiger partial charge in [-0.3, -0.25) is 4.90 Å². The Morgan fingerprint density at radius 2 is 1.81 bits per heavy atom. The second-order valence-electron chi connectivity index (χ2n) is 5.40. The molecule has 0 aromatic heterocycles. The highest BCUT2D eigenvalue weighted by atomic mass is 79.9. The monoisotopic (exact) mass is 289 g/mol. The average Bonchev–Trinajstić information content (AvgIpc) is 3.15. The number of halogens is 1. The summed E-state index contributed by atoms with van der Waals surface area (Å²) in [5, 5.41) is 1.16. The van der Waals surface area contributed by atoms with Crippen LogP contribution in [0.25, 0.3) is 0 Å². The Hall–Kier alpha value is 0.440. The van der Waals surface area contributed by atoms with E-state index < -0.39 is 0 Å². The van der Waals surface area contributed by atoms with Gasteiger partial charge < -0.3 is 0 Å². The fourth-order valence-electron chi connectivity index (χ4n) is 2.33. The van der Waals surface area contributed by atoms with E-state index in [0.29, 0.717) is 5.41 Å². The minimum Gasteiger partial charge on any atom is -0.300 e. The van der Waals surface area contributed by atoms with E-state index in [1.54, 1.807) is 0 Å². The minimum absolute atomic E-state index is 0.510. The number of rotatable bonds is 9. The van der Waals surface area contributed by atoms with E-state index in [2.05, 4.69) is 41.6 Å². The molecule has 0 N–H and O–H groups in total. The van der Waals surface area contributed by atoms with Crippen LogP contribution in [0.2, 0.25) is 0 Å². The molecule has 0 aromatic carbocycles. The molecule has 1 aliphatic carbocycles. The lowest BCUT2D eigenvalue weighted by Gasteiger charge is -2.36. The maximum Gasteiger partial charge on any atom is 0.01000 e. The predicted octanol–water partition coefficient (Wildman–Crippen LogP) is 4.45. The molecule has 1 aliphatic rings. The van der Waals surface area contributed by atoms with Crippen molar-refractivity contribution in [2.75, 3.05) is 18.4 Å². The molecule has 16 heavy (non-hydrogen) atoms. The van der Waals surface area contributed by atoms with Crippen LogP contribution in [-0.4, -0.2) is 29.4 Å². The van der Waals surface area contributed by atoms with Gasteiger partial charge in [-0.15, -0.1) is 0 Å². The summed E-state index contributed by atoms with van der Waals surface area (Å²) in [5.41, 5.74) is 0.510. The van der Waals surface area contributed by atoms with Gasteiger partial charge in [0.05, 0.1) is 0 Å². The zero-order valence-electron chi connectivity index (χ0n) is 11.3. The lowest BCUT2D eigenvalue weighted by molar-refractivity contribution is 0.149. The van der Waals surface area contributed by atoms with Crippen LogP contribution in [0.4, 0.5) is 0 Å². The highest BCUT2D eigenvalue weighted by Gasteiger charge is 2.34. The van der Waals surface area contributed by atoms with Crippen LogP contribution in [0, 0.1) is 5.41 Å². The molecule has 0 heterocycles.